The van der Waals surface area contributed by atoms with Crippen LogP contribution < -0.4 is 0 Å². The van der Waals surface area contributed by atoms with E-state index in [-0.39, 0.29) is 11.8 Å². The SMILES string of the molecule is CC(=O)N(C)CCc1noc(C2CN(S(=O)(=O)c3cccs3)C2)n1. The molecular formula is C14H18N4O4S2. The van der Waals surface area contributed by atoms with Crippen LogP contribution >= 0.6 is 11.3 Å². The van der Waals surface area contributed by atoms with Crippen molar-refractivity contribution in [2.45, 2.75) is 23.5 Å². The van der Waals surface area contributed by atoms with Crippen molar-refractivity contribution in [3.63, 3.8) is 0 Å². The van der Waals surface area contributed by atoms with Gasteiger partial charge >= 0.3 is 0 Å². The Labute approximate surface area is 144 Å². The van der Waals surface area contributed by atoms with Gasteiger partial charge in [-0.2, -0.15) is 9.29 Å². The zero-order valence-electron chi connectivity index (χ0n) is 13.4. The molecule has 24 heavy (non-hydrogen) atoms. The third-order valence-electron chi connectivity index (χ3n) is 3.98. The Hall–Kier alpha value is -1.78. The lowest BCUT2D eigenvalue weighted by atomic mass is 10.0. The number of thiophene rings is 1. The van der Waals surface area contributed by atoms with Crippen LogP contribution in [0.5, 0.6) is 0 Å². The quantitative estimate of drug-likeness (QED) is 0.751. The highest BCUT2D eigenvalue weighted by Crippen LogP contribution is 2.32. The van der Waals surface area contributed by atoms with Crippen molar-refractivity contribution >= 4 is 27.3 Å². The van der Waals surface area contributed by atoms with Crippen molar-refractivity contribution in [1.29, 1.82) is 0 Å². The second-order valence-corrected chi connectivity index (χ2v) is 8.80. The number of hydrogen-bond donors (Lipinski definition) is 0. The van der Waals surface area contributed by atoms with Gasteiger partial charge in [-0.25, -0.2) is 8.42 Å². The Morgan fingerprint density at radius 2 is 2.25 bits per heavy atom. The van der Waals surface area contributed by atoms with Crippen LogP contribution in [-0.4, -0.2) is 60.4 Å². The predicted molar refractivity (Wildman–Crippen MR) is 87.1 cm³/mol. The van der Waals surface area contributed by atoms with Gasteiger partial charge in [-0.15, -0.1) is 11.3 Å². The fraction of sp³-hybridized carbons (Fsp3) is 0.500. The number of carbonyl (C=O) groups is 1. The number of likely N-dealkylation sites (N-methyl/N-ethyl adjacent to an activating group) is 1. The molecule has 3 heterocycles. The van der Waals surface area contributed by atoms with Gasteiger partial charge in [0.15, 0.2) is 5.82 Å². The molecule has 0 radical (unpaired) electrons. The van der Waals surface area contributed by atoms with Gasteiger partial charge in [0.25, 0.3) is 10.0 Å². The Morgan fingerprint density at radius 1 is 1.50 bits per heavy atom. The number of rotatable bonds is 6. The molecule has 0 spiro atoms. The van der Waals surface area contributed by atoms with Crippen LogP contribution in [0.2, 0.25) is 0 Å². The lowest BCUT2D eigenvalue weighted by Crippen LogP contribution is -2.48. The maximum absolute atomic E-state index is 12.3. The summed E-state index contributed by atoms with van der Waals surface area (Å²) in [6.07, 6.45) is 0.503. The number of nitrogens with zero attached hydrogens (tertiary/aromatic N) is 4. The Balaban J connectivity index is 1.56. The molecule has 3 rings (SSSR count). The molecule has 0 aliphatic carbocycles. The van der Waals surface area contributed by atoms with E-state index in [4.69, 9.17) is 4.52 Å². The van der Waals surface area contributed by atoms with Crippen LogP contribution in [0.3, 0.4) is 0 Å². The first-order chi connectivity index (χ1) is 11.4. The van der Waals surface area contributed by atoms with Crippen molar-refractivity contribution < 1.29 is 17.7 Å². The Bertz CT molecular complexity index is 810. The van der Waals surface area contributed by atoms with E-state index in [0.29, 0.717) is 42.0 Å². The maximum Gasteiger partial charge on any atom is 0.252 e. The highest BCUT2D eigenvalue weighted by molar-refractivity contribution is 7.91. The van der Waals surface area contributed by atoms with E-state index >= 15 is 0 Å². The van der Waals surface area contributed by atoms with Crippen molar-refractivity contribution in [2.75, 3.05) is 26.7 Å². The van der Waals surface area contributed by atoms with Crippen molar-refractivity contribution in [1.82, 2.24) is 19.3 Å². The van der Waals surface area contributed by atoms with E-state index in [2.05, 4.69) is 10.1 Å². The monoisotopic (exact) mass is 370 g/mol. The summed E-state index contributed by atoms with van der Waals surface area (Å²) in [4.78, 5) is 17.0. The summed E-state index contributed by atoms with van der Waals surface area (Å²) in [5.74, 6) is 0.879. The zero-order chi connectivity index (χ0) is 17.3. The van der Waals surface area contributed by atoms with E-state index in [1.54, 1.807) is 29.5 Å². The van der Waals surface area contributed by atoms with E-state index in [1.807, 2.05) is 0 Å². The Morgan fingerprint density at radius 3 is 2.88 bits per heavy atom. The van der Waals surface area contributed by atoms with Gasteiger partial charge in [0.05, 0.1) is 5.92 Å². The molecule has 0 unspecified atom stereocenters. The van der Waals surface area contributed by atoms with Crippen LogP contribution in [0, 0.1) is 0 Å². The summed E-state index contributed by atoms with van der Waals surface area (Å²) in [6, 6.07) is 3.32. The predicted octanol–water partition coefficient (Wildman–Crippen LogP) is 0.940. The third kappa shape index (κ3) is 3.35. The average Bonchev–Trinajstić information content (AvgIpc) is 3.14. The fourth-order valence-electron chi connectivity index (χ4n) is 2.29. The lowest BCUT2D eigenvalue weighted by Gasteiger charge is -2.35. The normalized spacial score (nSPS) is 16.1. The van der Waals surface area contributed by atoms with Gasteiger partial charge < -0.3 is 9.42 Å². The van der Waals surface area contributed by atoms with Crippen LogP contribution in [0.1, 0.15) is 24.6 Å². The molecule has 1 fully saturated rings. The zero-order valence-corrected chi connectivity index (χ0v) is 15.0. The first-order valence-corrected chi connectivity index (χ1v) is 9.77. The fourth-order valence-corrected chi connectivity index (χ4v) is 4.96. The summed E-state index contributed by atoms with van der Waals surface area (Å²) in [7, 11) is -1.70. The summed E-state index contributed by atoms with van der Waals surface area (Å²) >= 11 is 1.21. The largest absolute Gasteiger partial charge is 0.346 e. The third-order valence-corrected chi connectivity index (χ3v) is 7.18. The molecule has 0 N–H and O–H groups in total. The second-order valence-electron chi connectivity index (χ2n) is 5.69. The molecule has 0 saturated carbocycles. The summed E-state index contributed by atoms with van der Waals surface area (Å²) in [5, 5.41) is 5.64. The molecule has 1 saturated heterocycles. The Kier molecular flexibility index (Phi) is 4.70. The topological polar surface area (TPSA) is 96.6 Å². The molecule has 0 aromatic carbocycles. The van der Waals surface area contributed by atoms with E-state index in [9.17, 15) is 13.2 Å². The van der Waals surface area contributed by atoms with Crippen LogP contribution in [0.4, 0.5) is 0 Å². The molecule has 10 heteroatoms. The van der Waals surface area contributed by atoms with Gasteiger partial charge in [-0.3, -0.25) is 4.79 Å². The molecule has 0 bridgehead atoms. The molecule has 0 atom stereocenters. The molecule has 1 amide bonds. The first-order valence-electron chi connectivity index (χ1n) is 7.46. The standard InChI is InChI=1S/C14H18N4O4S2/c1-10(19)17(2)6-5-12-15-14(22-16-12)11-8-18(9-11)24(20,21)13-4-3-7-23-13/h3-4,7,11H,5-6,8-9H2,1-2H3. The first kappa shape index (κ1) is 17.1. The minimum atomic E-state index is -3.41. The molecule has 130 valence electrons. The molecule has 1 aliphatic rings. The lowest BCUT2D eigenvalue weighted by molar-refractivity contribution is -0.127. The van der Waals surface area contributed by atoms with Crippen molar-refractivity contribution in [3.8, 4) is 0 Å². The van der Waals surface area contributed by atoms with Gasteiger partial charge in [-0.1, -0.05) is 11.2 Å². The van der Waals surface area contributed by atoms with Gasteiger partial charge in [0.1, 0.15) is 4.21 Å². The van der Waals surface area contributed by atoms with Crippen LogP contribution in [0.15, 0.2) is 26.2 Å². The molecule has 1 aliphatic heterocycles. The number of aromatic nitrogens is 2. The van der Waals surface area contributed by atoms with Gasteiger partial charge in [-0.05, 0) is 11.4 Å². The van der Waals surface area contributed by atoms with Gasteiger partial charge in [0.2, 0.25) is 11.8 Å². The number of carbonyl (C=O) groups excluding carboxylic acids is 1. The molecule has 8 nitrogen and oxygen atoms in total. The minimum absolute atomic E-state index is 0.0212. The minimum Gasteiger partial charge on any atom is -0.346 e. The van der Waals surface area contributed by atoms with E-state index < -0.39 is 10.0 Å². The number of amides is 1. The highest BCUT2D eigenvalue weighted by atomic mass is 32.2. The average molecular weight is 370 g/mol. The van der Waals surface area contributed by atoms with Crippen molar-refractivity contribution in [2.24, 2.45) is 0 Å². The number of hydrogen-bond acceptors (Lipinski definition) is 7. The molecule has 2 aromatic heterocycles. The molecular weight excluding hydrogens is 352 g/mol. The highest BCUT2D eigenvalue weighted by Gasteiger charge is 2.40. The molecule has 2 aromatic rings. The summed E-state index contributed by atoms with van der Waals surface area (Å²) < 4.78 is 31.7. The van der Waals surface area contributed by atoms with E-state index in [1.165, 1.54) is 22.6 Å². The van der Waals surface area contributed by atoms with Crippen LogP contribution in [0.25, 0.3) is 0 Å². The van der Waals surface area contributed by atoms with Gasteiger partial charge in [0, 0.05) is 40.0 Å². The summed E-state index contributed by atoms with van der Waals surface area (Å²) in [6.45, 7) is 2.70. The second kappa shape index (κ2) is 6.61. The summed E-state index contributed by atoms with van der Waals surface area (Å²) in [5.41, 5.74) is 0. The van der Waals surface area contributed by atoms with Crippen LogP contribution in [-0.2, 0) is 21.2 Å². The smallest absolute Gasteiger partial charge is 0.252 e. The number of sulfonamides is 1. The maximum atomic E-state index is 12.3. The van der Waals surface area contributed by atoms with Crippen molar-refractivity contribution in [3.05, 3.63) is 29.2 Å². The van der Waals surface area contributed by atoms with E-state index in [0.717, 1.165) is 0 Å².